The predicted octanol–water partition coefficient (Wildman–Crippen LogP) is 3.43. The summed E-state index contributed by atoms with van der Waals surface area (Å²) < 4.78 is 0. The van der Waals surface area contributed by atoms with E-state index in [1.807, 2.05) is 0 Å². The number of hydrogen-bond donors (Lipinski definition) is 1. The van der Waals surface area contributed by atoms with E-state index in [1.54, 1.807) is 0 Å². The molecule has 2 aromatic carbocycles. The minimum Gasteiger partial charge on any atom is -0.396 e. The van der Waals surface area contributed by atoms with Gasteiger partial charge in [-0.15, -0.1) is 0 Å². The molecule has 0 aliphatic carbocycles. The van der Waals surface area contributed by atoms with Crippen LogP contribution in [0.3, 0.4) is 0 Å². The summed E-state index contributed by atoms with van der Waals surface area (Å²) in [6.45, 7) is 3.67. The Morgan fingerprint density at radius 2 is 1.95 bits per heavy atom. The second-order valence-electron chi connectivity index (χ2n) is 5.89. The smallest absolute Gasteiger partial charge is 0.0434 e. The highest BCUT2D eigenvalue weighted by Crippen LogP contribution is 2.24. The molecule has 1 heterocycles. The molecule has 3 rings (SSSR count). The van der Waals surface area contributed by atoms with Crippen LogP contribution in [0.15, 0.2) is 42.5 Å². The van der Waals surface area contributed by atoms with Gasteiger partial charge in [-0.2, -0.15) is 0 Å². The minimum atomic E-state index is 0.326. The van der Waals surface area contributed by atoms with Gasteiger partial charge in [-0.25, -0.2) is 0 Å². The fraction of sp³-hybridized carbons (Fsp3) is 0.444. The highest BCUT2D eigenvalue weighted by Gasteiger charge is 2.19. The van der Waals surface area contributed by atoms with Gasteiger partial charge in [0.15, 0.2) is 0 Å². The van der Waals surface area contributed by atoms with E-state index in [2.05, 4.69) is 47.4 Å². The molecule has 1 unspecified atom stereocenters. The number of benzene rings is 2. The van der Waals surface area contributed by atoms with Crippen molar-refractivity contribution < 1.29 is 5.11 Å². The summed E-state index contributed by atoms with van der Waals surface area (Å²) in [4.78, 5) is 2.55. The van der Waals surface area contributed by atoms with Crippen LogP contribution in [0.4, 0.5) is 0 Å². The van der Waals surface area contributed by atoms with Gasteiger partial charge in [-0.1, -0.05) is 42.5 Å². The van der Waals surface area contributed by atoms with Crippen LogP contribution in [-0.2, 0) is 6.54 Å². The maximum absolute atomic E-state index is 9.12. The molecular formula is C18H23NO. The second kappa shape index (κ2) is 6.38. The Labute approximate surface area is 121 Å². The maximum Gasteiger partial charge on any atom is 0.0434 e. The van der Waals surface area contributed by atoms with E-state index in [-0.39, 0.29) is 0 Å². The average molecular weight is 269 g/mol. The summed E-state index contributed by atoms with van der Waals surface area (Å²) in [5.41, 5.74) is 1.42. The molecule has 106 valence electrons. The third-order valence-corrected chi connectivity index (χ3v) is 4.41. The topological polar surface area (TPSA) is 23.5 Å². The molecule has 1 aliphatic heterocycles. The van der Waals surface area contributed by atoms with Crippen LogP contribution in [-0.4, -0.2) is 29.7 Å². The largest absolute Gasteiger partial charge is 0.396 e. The van der Waals surface area contributed by atoms with Crippen molar-refractivity contribution in [1.29, 1.82) is 0 Å². The summed E-state index contributed by atoms with van der Waals surface area (Å²) >= 11 is 0. The molecular weight excluding hydrogens is 246 g/mol. The molecule has 2 heteroatoms. The maximum atomic E-state index is 9.12. The normalized spacial score (nSPS) is 20.4. The first kappa shape index (κ1) is 13.6. The fourth-order valence-electron chi connectivity index (χ4n) is 3.38. The molecule has 2 nitrogen and oxygen atoms in total. The highest BCUT2D eigenvalue weighted by atomic mass is 16.3. The zero-order valence-corrected chi connectivity index (χ0v) is 12.0. The van der Waals surface area contributed by atoms with Gasteiger partial charge in [-0.3, -0.25) is 4.90 Å². The van der Waals surface area contributed by atoms with Crippen LogP contribution in [0.25, 0.3) is 10.8 Å². The van der Waals surface area contributed by atoms with Crippen molar-refractivity contribution in [2.24, 2.45) is 5.92 Å². The van der Waals surface area contributed by atoms with Crippen LogP contribution in [0.2, 0.25) is 0 Å². The van der Waals surface area contributed by atoms with Crippen molar-refractivity contribution in [3.8, 4) is 0 Å². The van der Waals surface area contributed by atoms with Crippen molar-refractivity contribution in [2.75, 3.05) is 19.7 Å². The highest BCUT2D eigenvalue weighted by molar-refractivity contribution is 5.85. The molecule has 1 fully saturated rings. The van der Waals surface area contributed by atoms with Gasteiger partial charge in [0.05, 0.1) is 0 Å². The van der Waals surface area contributed by atoms with Gasteiger partial charge < -0.3 is 5.11 Å². The SMILES string of the molecule is OCCC1CCCN(Cc2cccc3ccccc23)C1. The van der Waals surface area contributed by atoms with Gasteiger partial charge in [0.2, 0.25) is 0 Å². The molecule has 2 aromatic rings. The lowest BCUT2D eigenvalue weighted by molar-refractivity contribution is 0.143. The zero-order chi connectivity index (χ0) is 13.8. The van der Waals surface area contributed by atoms with Crippen molar-refractivity contribution in [3.05, 3.63) is 48.0 Å². The fourth-order valence-corrected chi connectivity index (χ4v) is 3.38. The van der Waals surface area contributed by atoms with E-state index in [4.69, 9.17) is 5.11 Å². The van der Waals surface area contributed by atoms with E-state index >= 15 is 0 Å². The molecule has 0 radical (unpaired) electrons. The number of aliphatic hydroxyl groups is 1. The second-order valence-corrected chi connectivity index (χ2v) is 5.89. The monoisotopic (exact) mass is 269 g/mol. The van der Waals surface area contributed by atoms with Crippen LogP contribution < -0.4 is 0 Å². The molecule has 1 aliphatic rings. The van der Waals surface area contributed by atoms with Crippen molar-refractivity contribution in [2.45, 2.75) is 25.8 Å². The predicted molar refractivity (Wildman–Crippen MR) is 83.7 cm³/mol. The molecule has 20 heavy (non-hydrogen) atoms. The van der Waals surface area contributed by atoms with Crippen molar-refractivity contribution in [3.63, 3.8) is 0 Å². The first-order chi connectivity index (χ1) is 9.86. The Kier molecular flexibility index (Phi) is 4.34. The summed E-state index contributed by atoms with van der Waals surface area (Å²) in [6.07, 6.45) is 3.48. The number of hydrogen-bond acceptors (Lipinski definition) is 2. The van der Waals surface area contributed by atoms with E-state index in [0.717, 1.165) is 19.5 Å². The molecule has 0 aromatic heterocycles. The van der Waals surface area contributed by atoms with Crippen LogP contribution >= 0.6 is 0 Å². The Balaban J connectivity index is 1.76. The molecule has 1 atom stereocenters. The Morgan fingerprint density at radius 3 is 2.85 bits per heavy atom. The quantitative estimate of drug-likeness (QED) is 0.919. The van der Waals surface area contributed by atoms with E-state index in [0.29, 0.717) is 12.5 Å². The van der Waals surface area contributed by atoms with Gasteiger partial charge >= 0.3 is 0 Å². The lowest BCUT2D eigenvalue weighted by Gasteiger charge is -2.32. The number of aliphatic hydroxyl groups excluding tert-OH is 1. The van der Waals surface area contributed by atoms with Gasteiger partial charge in [-0.05, 0) is 48.1 Å². The third kappa shape index (κ3) is 3.02. The summed E-state index contributed by atoms with van der Waals surface area (Å²) in [5, 5.41) is 11.8. The van der Waals surface area contributed by atoms with Gasteiger partial charge in [0, 0.05) is 19.7 Å². The van der Waals surface area contributed by atoms with Gasteiger partial charge in [0.25, 0.3) is 0 Å². The minimum absolute atomic E-state index is 0.326. The van der Waals surface area contributed by atoms with Crippen LogP contribution in [0.1, 0.15) is 24.8 Å². The number of piperidine rings is 1. The lowest BCUT2D eigenvalue weighted by Crippen LogP contribution is -2.35. The summed E-state index contributed by atoms with van der Waals surface area (Å²) in [7, 11) is 0. The molecule has 0 saturated carbocycles. The van der Waals surface area contributed by atoms with Crippen molar-refractivity contribution >= 4 is 10.8 Å². The number of fused-ring (bicyclic) bond motifs is 1. The number of nitrogens with zero attached hydrogens (tertiary/aromatic N) is 1. The van der Waals surface area contributed by atoms with E-state index in [1.165, 1.54) is 35.7 Å². The molecule has 0 amide bonds. The van der Waals surface area contributed by atoms with Crippen LogP contribution in [0, 0.1) is 5.92 Å². The third-order valence-electron chi connectivity index (χ3n) is 4.41. The molecule has 0 bridgehead atoms. The average Bonchev–Trinajstić information content (AvgIpc) is 2.48. The van der Waals surface area contributed by atoms with Crippen molar-refractivity contribution in [1.82, 2.24) is 4.90 Å². The number of rotatable bonds is 4. The molecule has 1 N–H and O–H groups in total. The summed E-state index contributed by atoms with van der Waals surface area (Å²) in [6, 6.07) is 15.2. The van der Waals surface area contributed by atoms with E-state index < -0.39 is 0 Å². The Bertz CT molecular complexity index is 559. The zero-order valence-electron chi connectivity index (χ0n) is 12.0. The first-order valence-corrected chi connectivity index (χ1v) is 7.66. The lowest BCUT2D eigenvalue weighted by atomic mass is 9.94. The first-order valence-electron chi connectivity index (χ1n) is 7.66. The van der Waals surface area contributed by atoms with Crippen LogP contribution in [0.5, 0.6) is 0 Å². The standard InChI is InChI=1S/C18H23NO/c20-12-10-15-5-4-11-19(13-15)14-17-8-3-7-16-6-1-2-9-18(16)17/h1-3,6-9,15,20H,4-5,10-14H2. The Hall–Kier alpha value is -1.38. The van der Waals surface area contributed by atoms with E-state index in [9.17, 15) is 0 Å². The Morgan fingerprint density at radius 1 is 1.10 bits per heavy atom. The molecule has 0 spiro atoms. The number of likely N-dealkylation sites (tertiary alicyclic amines) is 1. The van der Waals surface area contributed by atoms with Gasteiger partial charge in [0.1, 0.15) is 0 Å². The molecule has 1 saturated heterocycles. The summed E-state index contributed by atoms with van der Waals surface area (Å²) in [5.74, 6) is 0.670.